The van der Waals surface area contributed by atoms with Crippen molar-refractivity contribution in [3.8, 4) is 0 Å². The van der Waals surface area contributed by atoms with Crippen molar-refractivity contribution in [2.45, 2.75) is 32.0 Å². The molecule has 0 heterocycles. The maximum atomic E-state index is 4.36. The van der Waals surface area contributed by atoms with Gasteiger partial charge in [0.05, 0.1) is 0 Å². The van der Waals surface area contributed by atoms with Gasteiger partial charge in [0.25, 0.3) is 0 Å². The fourth-order valence-corrected chi connectivity index (χ4v) is 1.63. The fourth-order valence-electron chi connectivity index (χ4n) is 1.37. The van der Waals surface area contributed by atoms with Gasteiger partial charge in [-0.05, 0) is 27.9 Å². The van der Waals surface area contributed by atoms with E-state index in [2.05, 4.69) is 47.7 Å². The predicted molar refractivity (Wildman–Crippen MR) is 75.6 cm³/mol. The zero-order valence-electron chi connectivity index (χ0n) is 11.0. The molecule has 98 valence electrons. The van der Waals surface area contributed by atoms with Crippen LogP contribution >= 0.6 is 12.6 Å². The molecular weight excluding hydrogens is 220 g/mol. The first kappa shape index (κ1) is 16.2. The summed E-state index contributed by atoms with van der Waals surface area (Å²) in [6, 6.07) is 1.42. The summed E-state index contributed by atoms with van der Waals surface area (Å²) in [6.07, 6.45) is 0. The monoisotopic (exact) mass is 248 g/mol. The van der Waals surface area contributed by atoms with Crippen molar-refractivity contribution >= 4 is 12.6 Å². The molecule has 3 unspecified atom stereocenters. The second-order valence-electron chi connectivity index (χ2n) is 4.34. The first-order chi connectivity index (χ1) is 7.63. The van der Waals surface area contributed by atoms with Crippen molar-refractivity contribution in [1.29, 1.82) is 0 Å². The van der Waals surface area contributed by atoms with E-state index in [0.717, 1.165) is 25.4 Å². The first-order valence-corrected chi connectivity index (χ1v) is 6.66. The largest absolute Gasteiger partial charge is 0.318 e. The number of hydrogen-bond acceptors (Lipinski definition) is 5. The molecule has 4 N–H and O–H groups in total. The zero-order chi connectivity index (χ0) is 12.4. The lowest BCUT2D eigenvalue weighted by atomic mass is 10.2. The van der Waals surface area contributed by atoms with Crippen LogP contribution in [0.2, 0.25) is 0 Å². The van der Waals surface area contributed by atoms with Crippen LogP contribution in [0.25, 0.3) is 0 Å². The Labute approximate surface area is 106 Å². The van der Waals surface area contributed by atoms with Gasteiger partial charge in [0, 0.05) is 43.5 Å². The highest BCUT2D eigenvalue weighted by Gasteiger charge is 2.08. The van der Waals surface area contributed by atoms with Gasteiger partial charge < -0.3 is 21.3 Å². The maximum Gasteiger partial charge on any atom is 0.0281 e. The van der Waals surface area contributed by atoms with E-state index < -0.39 is 0 Å². The van der Waals surface area contributed by atoms with Gasteiger partial charge in [-0.15, -0.1) is 0 Å². The van der Waals surface area contributed by atoms with Crippen LogP contribution < -0.4 is 21.3 Å². The topological polar surface area (TPSA) is 48.1 Å². The highest BCUT2D eigenvalue weighted by Crippen LogP contribution is 1.89. The van der Waals surface area contributed by atoms with Crippen LogP contribution in [0.15, 0.2) is 0 Å². The minimum absolute atomic E-state index is 0.429. The Morgan fingerprint density at radius 3 is 2.12 bits per heavy atom. The number of nitrogens with one attached hydrogen (secondary N) is 4. The molecule has 0 aliphatic heterocycles. The Bertz CT molecular complexity index is 157. The summed E-state index contributed by atoms with van der Waals surface area (Å²) < 4.78 is 0. The number of rotatable bonds is 10. The molecule has 0 saturated heterocycles. The van der Waals surface area contributed by atoms with Crippen molar-refractivity contribution in [1.82, 2.24) is 21.3 Å². The molecule has 0 aliphatic carbocycles. The van der Waals surface area contributed by atoms with Gasteiger partial charge in [-0.1, -0.05) is 0 Å². The van der Waals surface area contributed by atoms with E-state index in [1.165, 1.54) is 0 Å². The van der Waals surface area contributed by atoms with Crippen molar-refractivity contribution in [3.05, 3.63) is 0 Å². The summed E-state index contributed by atoms with van der Waals surface area (Å²) >= 11 is 4.36. The lowest BCUT2D eigenvalue weighted by molar-refractivity contribution is 0.436. The van der Waals surface area contributed by atoms with Crippen molar-refractivity contribution < 1.29 is 0 Å². The van der Waals surface area contributed by atoms with Gasteiger partial charge in [0.1, 0.15) is 0 Å². The van der Waals surface area contributed by atoms with E-state index >= 15 is 0 Å². The van der Waals surface area contributed by atoms with Gasteiger partial charge in [-0.25, -0.2) is 0 Å². The van der Waals surface area contributed by atoms with Crippen molar-refractivity contribution in [2.75, 3.05) is 39.5 Å². The summed E-state index contributed by atoms with van der Waals surface area (Å²) in [4.78, 5) is 0. The highest BCUT2D eigenvalue weighted by atomic mass is 32.1. The first-order valence-electron chi connectivity index (χ1n) is 6.03. The molecule has 0 spiro atoms. The summed E-state index contributed by atoms with van der Waals surface area (Å²) in [7, 11) is 3.95. The number of thiol groups is 1. The molecule has 0 radical (unpaired) electrons. The Hall–Kier alpha value is 0.190. The standard InChI is InChI=1S/C11H28N4S/c1-9(13-4)6-15-11(8-16)7-14-10(2)5-12-3/h9-16H,5-8H2,1-4H3. The van der Waals surface area contributed by atoms with E-state index in [4.69, 9.17) is 0 Å². The zero-order valence-corrected chi connectivity index (χ0v) is 11.9. The highest BCUT2D eigenvalue weighted by molar-refractivity contribution is 7.80. The fraction of sp³-hybridized carbons (Fsp3) is 1.00. The van der Waals surface area contributed by atoms with E-state index in [0.29, 0.717) is 18.1 Å². The molecule has 0 aromatic rings. The number of hydrogen-bond donors (Lipinski definition) is 5. The lowest BCUT2D eigenvalue weighted by Gasteiger charge is -2.22. The molecule has 0 bridgehead atoms. The molecule has 5 heteroatoms. The third kappa shape index (κ3) is 8.35. The van der Waals surface area contributed by atoms with Gasteiger partial charge >= 0.3 is 0 Å². The van der Waals surface area contributed by atoms with E-state index in [9.17, 15) is 0 Å². The second-order valence-corrected chi connectivity index (χ2v) is 4.71. The van der Waals surface area contributed by atoms with Crippen LogP contribution in [-0.4, -0.2) is 57.6 Å². The SMILES string of the molecule is CNCC(C)NCC(CS)NCC(C)NC. The Morgan fingerprint density at radius 2 is 1.62 bits per heavy atom. The van der Waals surface area contributed by atoms with Gasteiger partial charge in [-0.2, -0.15) is 12.6 Å². The molecule has 0 saturated carbocycles. The number of likely N-dealkylation sites (N-methyl/N-ethyl adjacent to an activating group) is 2. The molecule has 4 nitrogen and oxygen atoms in total. The molecule has 0 aromatic carbocycles. The average molecular weight is 248 g/mol. The van der Waals surface area contributed by atoms with Crippen LogP contribution in [0, 0.1) is 0 Å². The van der Waals surface area contributed by atoms with Gasteiger partial charge in [0.15, 0.2) is 0 Å². The van der Waals surface area contributed by atoms with E-state index in [1.807, 2.05) is 14.1 Å². The maximum absolute atomic E-state index is 4.36. The molecule has 3 atom stereocenters. The van der Waals surface area contributed by atoms with E-state index in [-0.39, 0.29) is 0 Å². The molecular formula is C11H28N4S. The summed E-state index contributed by atoms with van der Waals surface area (Å²) in [6.45, 7) is 7.28. The molecule has 0 rings (SSSR count). The minimum Gasteiger partial charge on any atom is -0.318 e. The Morgan fingerprint density at radius 1 is 0.938 bits per heavy atom. The quantitative estimate of drug-likeness (QED) is 0.344. The van der Waals surface area contributed by atoms with Crippen LogP contribution in [0.1, 0.15) is 13.8 Å². The smallest absolute Gasteiger partial charge is 0.0281 e. The van der Waals surface area contributed by atoms with Gasteiger partial charge in [-0.3, -0.25) is 0 Å². The molecule has 0 aromatic heterocycles. The molecule has 16 heavy (non-hydrogen) atoms. The van der Waals surface area contributed by atoms with Gasteiger partial charge in [0.2, 0.25) is 0 Å². The minimum atomic E-state index is 0.429. The summed E-state index contributed by atoms with van der Waals surface area (Å²) in [5.41, 5.74) is 0. The second kappa shape index (κ2) is 10.4. The molecule has 0 aliphatic rings. The third-order valence-electron chi connectivity index (χ3n) is 2.65. The van der Waals surface area contributed by atoms with Crippen LogP contribution in [-0.2, 0) is 0 Å². The normalized spacial score (nSPS) is 17.1. The molecule has 0 fully saturated rings. The van der Waals surface area contributed by atoms with Crippen LogP contribution in [0.4, 0.5) is 0 Å². The summed E-state index contributed by atoms with van der Waals surface area (Å²) in [5.74, 6) is 0.857. The average Bonchev–Trinajstić information content (AvgIpc) is 2.29. The van der Waals surface area contributed by atoms with Crippen molar-refractivity contribution in [3.63, 3.8) is 0 Å². The van der Waals surface area contributed by atoms with Crippen molar-refractivity contribution in [2.24, 2.45) is 0 Å². The predicted octanol–water partition coefficient (Wildman–Crippen LogP) is -0.320. The summed E-state index contributed by atoms with van der Waals surface area (Å²) in [5, 5.41) is 13.3. The third-order valence-corrected chi connectivity index (χ3v) is 3.09. The Kier molecular flexibility index (Phi) is 10.5. The van der Waals surface area contributed by atoms with Crippen LogP contribution in [0.5, 0.6) is 0 Å². The molecule has 0 amide bonds. The lowest BCUT2D eigenvalue weighted by Crippen LogP contribution is -2.48. The Balaban J connectivity index is 3.66. The van der Waals surface area contributed by atoms with E-state index in [1.54, 1.807) is 0 Å². The van der Waals surface area contributed by atoms with Crippen LogP contribution in [0.3, 0.4) is 0 Å².